The van der Waals surface area contributed by atoms with E-state index in [9.17, 15) is 0 Å². The molecule has 23 heavy (non-hydrogen) atoms. The number of guanidine groups is 1. The van der Waals surface area contributed by atoms with Crippen molar-refractivity contribution in [2.45, 2.75) is 19.3 Å². The molecular weight excluding hydrogens is 306 g/mol. The molecule has 0 unspecified atom stereocenters. The molecule has 3 N–H and O–H groups in total. The molecule has 4 nitrogen and oxygen atoms in total. The molecule has 2 aromatic rings. The van der Waals surface area contributed by atoms with Crippen LogP contribution >= 0.6 is 11.3 Å². The lowest BCUT2D eigenvalue weighted by Gasteiger charge is -2.05. The molecule has 5 heteroatoms. The summed E-state index contributed by atoms with van der Waals surface area (Å²) < 4.78 is 5.62. The topological polar surface area (TPSA) is 59.6 Å². The van der Waals surface area contributed by atoms with Crippen molar-refractivity contribution in [3.05, 3.63) is 58.3 Å². The number of benzene rings is 1. The Balaban J connectivity index is 1.45. The molecule has 1 aromatic carbocycles. The number of rotatable bonds is 10. The fourth-order valence-corrected chi connectivity index (χ4v) is 2.84. The van der Waals surface area contributed by atoms with Gasteiger partial charge in [0.05, 0.1) is 6.61 Å². The second kappa shape index (κ2) is 10.8. The number of nitrogens with one attached hydrogen (secondary N) is 1. The molecule has 0 aliphatic heterocycles. The Morgan fingerprint density at radius 2 is 1.96 bits per heavy atom. The molecule has 0 aliphatic rings. The van der Waals surface area contributed by atoms with Gasteiger partial charge in [-0.2, -0.15) is 0 Å². The molecule has 1 aromatic heterocycles. The van der Waals surface area contributed by atoms with Gasteiger partial charge in [-0.3, -0.25) is 4.99 Å². The molecule has 0 amide bonds. The van der Waals surface area contributed by atoms with E-state index in [2.05, 4.69) is 52.1 Å². The first-order valence-corrected chi connectivity index (χ1v) is 8.90. The van der Waals surface area contributed by atoms with Crippen LogP contribution in [0.1, 0.15) is 16.9 Å². The van der Waals surface area contributed by atoms with E-state index in [-0.39, 0.29) is 0 Å². The summed E-state index contributed by atoms with van der Waals surface area (Å²) in [5, 5.41) is 5.23. The van der Waals surface area contributed by atoms with E-state index in [1.807, 2.05) is 6.07 Å². The number of ether oxygens (including phenoxy) is 1. The zero-order valence-electron chi connectivity index (χ0n) is 13.4. The van der Waals surface area contributed by atoms with Crippen LogP contribution in [-0.2, 0) is 17.6 Å². The molecule has 2 rings (SSSR count). The second-order valence-electron chi connectivity index (χ2n) is 5.22. The molecule has 124 valence electrons. The average Bonchev–Trinajstić information content (AvgIpc) is 3.08. The molecule has 0 fully saturated rings. The summed E-state index contributed by atoms with van der Waals surface area (Å²) in [5.41, 5.74) is 7.14. The highest BCUT2D eigenvalue weighted by atomic mass is 32.1. The van der Waals surface area contributed by atoms with Crippen LogP contribution in [0.2, 0.25) is 0 Å². The van der Waals surface area contributed by atoms with Gasteiger partial charge in [-0.15, -0.1) is 11.3 Å². The van der Waals surface area contributed by atoms with E-state index < -0.39 is 0 Å². The summed E-state index contributed by atoms with van der Waals surface area (Å²) in [5.74, 6) is 0.519. The standard InChI is InChI=1S/C18H25N3OS/c19-18(21-12-9-17-8-4-15-23-17)20-11-5-13-22-14-10-16-6-2-1-3-7-16/h1-4,6-8,15H,5,9-14H2,(H3,19,20,21). The van der Waals surface area contributed by atoms with Gasteiger partial charge in [0.2, 0.25) is 0 Å². The van der Waals surface area contributed by atoms with E-state index >= 15 is 0 Å². The van der Waals surface area contributed by atoms with Gasteiger partial charge in [-0.05, 0) is 36.3 Å². The minimum absolute atomic E-state index is 0.519. The number of nitrogens with zero attached hydrogens (tertiary/aromatic N) is 1. The maximum absolute atomic E-state index is 5.83. The van der Waals surface area contributed by atoms with Gasteiger partial charge in [0.25, 0.3) is 0 Å². The summed E-state index contributed by atoms with van der Waals surface area (Å²) in [6, 6.07) is 14.6. The van der Waals surface area contributed by atoms with Crippen molar-refractivity contribution in [1.29, 1.82) is 0 Å². The summed E-state index contributed by atoms with van der Waals surface area (Å²) in [6.07, 6.45) is 2.83. The van der Waals surface area contributed by atoms with Crippen molar-refractivity contribution in [3.8, 4) is 0 Å². The number of nitrogens with two attached hydrogens (primary N) is 1. The molecule has 0 spiro atoms. The van der Waals surface area contributed by atoms with Crippen molar-refractivity contribution < 1.29 is 4.74 Å². The Hall–Kier alpha value is -1.85. The molecule has 0 atom stereocenters. The van der Waals surface area contributed by atoms with E-state index in [1.165, 1.54) is 10.4 Å². The minimum Gasteiger partial charge on any atom is -0.381 e. The molecular formula is C18H25N3OS. The summed E-state index contributed by atoms with van der Waals surface area (Å²) in [4.78, 5) is 5.66. The van der Waals surface area contributed by atoms with Gasteiger partial charge < -0.3 is 15.8 Å². The monoisotopic (exact) mass is 331 g/mol. The lowest BCUT2D eigenvalue weighted by molar-refractivity contribution is 0.136. The quantitative estimate of drug-likeness (QED) is 0.400. The highest BCUT2D eigenvalue weighted by Crippen LogP contribution is 2.07. The van der Waals surface area contributed by atoms with E-state index in [0.717, 1.165) is 39.0 Å². The number of hydrogen-bond acceptors (Lipinski definition) is 3. The Morgan fingerprint density at radius 1 is 1.09 bits per heavy atom. The molecule has 0 radical (unpaired) electrons. The highest BCUT2D eigenvalue weighted by Gasteiger charge is 1.96. The largest absolute Gasteiger partial charge is 0.381 e. The van der Waals surface area contributed by atoms with Crippen molar-refractivity contribution in [2.24, 2.45) is 10.7 Å². The van der Waals surface area contributed by atoms with Crippen molar-refractivity contribution in [1.82, 2.24) is 5.32 Å². The maximum atomic E-state index is 5.83. The van der Waals surface area contributed by atoms with Crippen LogP contribution in [0.5, 0.6) is 0 Å². The fourth-order valence-electron chi connectivity index (χ4n) is 2.13. The zero-order chi connectivity index (χ0) is 16.2. The third kappa shape index (κ3) is 7.81. The van der Waals surface area contributed by atoms with E-state index in [4.69, 9.17) is 10.5 Å². The second-order valence-corrected chi connectivity index (χ2v) is 6.26. The van der Waals surface area contributed by atoms with Gasteiger partial charge in [-0.25, -0.2) is 0 Å². The summed E-state index contributed by atoms with van der Waals surface area (Å²) in [7, 11) is 0. The van der Waals surface area contributed by atoms with Crippen LogP contribution in [0.25, 0.3) is 0 Å². The van der Waals surface area contributed by atoms with E-state index in [0.29, 0.717) is 12.5 Å². The van der Waals surface area contributed by atoms with Crippen LogP contribution in [0, 0.1) is 0 Å². The van der Waals surface area contributed by atoms with Gasteiger partial charge in [0.15, 0.2) is 5.96 Å². The van der Waals surface area contributed by atoms with Crippen molar-refractivity contribution in [2.75, 3.05) is 26.3 Å². The number of aliphatic imine (C=N–C) groups is 1. The summed E-state index contributed by atoms with van der Waals surface area (Å²) >= 11 is 1.76. The van der Waals surface area contributed by atoms with Gasteiger partial charge in [-0.1, -0.05) is 36.4 Å². The van der Waals surface area contributed by atoms with Gasteiger partial charge in [0.1, 0.15) is 0 Å². The van der Waals surface area contributed by atoms with Gasteiger partial charge in [0, 0.05) is 24.6 Å². The highest BCUT2D eigenvalue weighted by molar-refractivity contribution is 7.09. The Labute approximate surface area is 142 Å². The minimum atomic E-state index is 0.519. The first kappa shape index (κ1) is 17.5. The zero-order valence-corrected chi connectivity index (χ0v) is 14.2. The van der Waals surface area contributed by atoms with Crippen molar-refractivity contribution in [3.63, 3.8) is 0 Å². The third-order valence-corrected chi connectivity index (χ3v) is 4.30. The maximum Gasteiger partial charge on any atom is 0.188 e. The van der Waals surface area contributed by atoms with Crippen molar-refractivity contribution >= 4 is 17.3 Å². The lowest BCUT2D eigenvalue weighted by Crippen LogP contribution is -2.33. The van der Waals surface area contributed by atoms with Crippen LogP contribution in [-0.4, -0.2) is 32.3 Å². The van der Waals surface area contributed by atoms with Crippen LogP contribution in [0.15, 0.2) is 52.8 Å². The first-order valence-electron chi connectivity index (χ1n) is 8.02. The van der Waals surface area contributed by atoms with Gasteiger partial charge >= 0.3 is 0 Å². The molecule has 0 bridgehead atoms. The van der Waals surface area contributed by atoms with Crippen LogP contribution < -0.4 is 11.1 Å². The van der Waals surface area contributed by atoms with Crippen LogP contribution in [0.4, 0.5) is 0 Å². The predicted octanol–water partition coefficient (Wildman–Crippen LogP) is 2.84. The Kier molecular flexibility index (Phi) is 8.22. The van der Waals surface area contributed by atoms with E-state index in [1.54, 1.807) is 11.3 Å². The predicted molar refractivity (Wildman–Crippen MR) is 98.1 cm³/mol. The molecule has 1 heterocycles. The lowest BCUT2D eigenvalue weighted by atomic mass is 10.2. The normalized spacial score (nSPS) is 11.6. The average molecular weight is 331 g/mol. The molecule has 0 aliphatic carbocycles. The SMILES string of the molecule is NC(=NCCCOCCc1ccccc1)NCCc1cccs1. The summed E-state index contributed by atoms with van der Waals surface area (Å²) in [6.45, 7) is 2.99. The van der Waals surface area contributed by atoms with Crippen LogP contribution in [0.3, 0.4) is 0 Å². The fraction of sp³-hybridized carbons (Fsp3) is 0.389. The Bertz CT molecular complexity index is 555. The third-order valence-electron chi connectivity index (χ3n) is 3.36. The molecule has 0 saturated carbocycles. The molecule has 0 saturated heterocycles. The first-order chi connectivity index (χ1) is 11.3. The number of thiophene rings is 1. The Morgan fingerprint density at radius 3 is 2.74 bits per heavy atom. The number of hydrogen-bond donors (Lipinski definition) is 2. The smallest absolute Gasteiger partial charge is 0.188 e.